The van der Waals surface area contributed by atoms with Crippen LogP contribution in [0.3, 0.4) is 0 Å². The van der Waals surface area contributed by atoms with E-state index in [1.165, 1.54) is 5.57 Å². The third-order valence-electron chi connectivity index (χ3n) is 1.96. The monoisotopic (exact) mass is 269 g/mol. The van der Waals surface area contributed by atoms with Crippen LogP contribution in [0.15, 0.2) is 34.3 Å². The molecular formula is C12H16BrNO. The molecule has 0 saturated carbocycles. The molecule has 1 aromatic carbocycles. The average molecular weight is 270 g/mol. The molecule has 1 rings (SSSR count). The number of methoxy groups -OCH3 is 1. The molecule has 0 spiro atoms. The Balaban J connectivity index is 2.74. The second kappa shape index (κ2) is 5.81. The predicted molar refractivity (Wildman–Crippen MR) is 68.6 cm³/mol. The largest absolute Gasteiger partial charge is 0.495 e. The Labute approximate surface area is 99.5 Å². The number of nitrogens with one attached hydrogen (secondary N) is 1. The third kappa shape index (κ3) is 3.96. The molecule has 0 unspecified atom stereocenters. The molecule has 0 fully saturated rings. The summed E-state index contributed by atoms with van der Waals surface area (Å²) in [5, 5.41) is 3.30. The molecule has 0 aliphatic rings. The van der Waals surface area contributed by atoms with Crippen molar-refractivity contribution < 1.29 is 4.74 Å². The molecule has 0 radical (unpaired) electrons. The van der Waals surface area contributed by atoms with Crippen molar-refractivity contribution in [3.63, 3.8) is 0 Å². The summed E-state index contributed by atoms with van der Waals surface area (Å²) >= 11 is 3.44. The Morgan fingerprint density at radius 2 is 2.20 bits per heavy atom. The van der Waals surface area contributed by atoms with Gasteiger partial charge in [-0.15, -0.1) is 0 Å². The summed E-state index contributed by atoms with van der Waals surface area (Å²) in [4.78, 5) is 0. The van der Waals surface area contributed by atoms with Gasteiger partial charge in [-0.3, -0.25) is 0 Å². The normalized spacial score (nSPS) is 9.60. The maximum absolute atomic E-state index is 5.25. The van der Waals surface area contributed by atoms with Gasteiger partial charge in [-0.2, -0.15) is 0 Å². The molecule has 0 aliphatic carbocycles. The number of allylic oxidation sites excluding steroid dienone is 1. The highest BCUT2D eigenvalue weighted by atomic mass is 79.9. The van der Waals surface area contributed by atoms with Crippen LogP contribution in [0.1, 0.15) is 13.8 Å². The van der Waals surface area contributed by atoms with Crippen LogP contribution < -0.4 is 10.1 Å². The van der Waals surface area contributed by atoms with Crippen molar-refractivity contribution >= 4 is 21.6 Å². The van der Waals surface area contributed by atoms with Gasteiger partial charge < -0.3 is 10.1 Å². The van der Waals surface area contributed by atoms with Crippen molar-refractivity contribution in [2.45, 2.75) is 13.8 Å². The van der Waals surface area contributed by atoms with Gasteiger partial charge in [-0.1, -0.05) is 27.6 Å². The molecule has 1 N–H and O–H groups in total. The molecule has 0 bridgehead atoms. The minimum atomic E-state index is 0.815. The van der Waals surface area contributed by atoms with Crippen molar-refractivity contribution in [1.29, 1.82) is 0 Å². The number of anilines is 1. The highest BCUT2D eigenvalue weighted by Crippen LogP contribution is 2.27. The average Bonchev–Trinajstić information content (AvgIpc) is 2.17. The Morgan fingerprint density at radius 1 is 1.47 bits per heavy atom. The second-order valence-electron chi connectivity index (χ2n) is 3.51. The van der Waals surface area contributed by atoms with Crippen LogP contribution in [0.2, 0.25) is 0 Å². The Kier molecular flexibility index (Phi) is 4.69. The molecule has 0 atom stereocenters. The zero-order chi connectivity index (χ0) is 11.3. The van der Waals surface area contributed by atoms with Gasteiger partial charge in [0.25, 0.3) is 0 Å². The highest BCUT2D eigenvalue weighted by molar-refractivity contribution is 9.10. The minimum absolute atomic E-state index is 0.815. The zero-order valence-electron chi connectivity index (χ0n) is 9.30. The molecule has 0 aromatic heterocycles. The van der Waals surface area contributed by atoms with E-state index in [1.807, 2.05) is 18.2 Å². The van der Waals surface area contributed by atoms with E-state index < -0.39 is 0 Å². The Hall–Kier alpha value is -0.960. The summed E-state index contributed by atoms with van der Waals surface area (Å²) in [6.07, 6.45) is 2.14. The predicted octanol–water partition coefficient (Wildman–Crippen LogP) is 3.84. The summed E-state index contributed by atoms with van der Waals surface area (Å²) in [7, 11) is 1.68. The topological polar surface area (TPSA) is 21.3 Å². The van der Waals surface area contributed by atoms with E-state index >= 15 is 0 Å². The molecule has 3 heteroatoms. The zero-order valence-corrected chi connectivity index (χ0v) is 10.9. The second-order valence-corrected chi connectivity index (χ2v) is 4.42. The molecule has 0 amide bonds. The summed E-state index contributed by atoms with van der Waals surface area (Å²) in [5.41, 5.74) is 2.31. The van der Waals surface area contributed by atoms with Gasteiger partial charge in [-0.05, 0) is 32.0 Å². The first kappa shape index (κ1) is 12.1. The van der Waals surface area contributed by atoms with E-state index in [2.05, 4.69) is 41.2 Å². The fourth-order valence-corrected chi connectivity index (χ4v) is 1.54. The van der Waals surface area contributed by atoms with Crippen molar-refractivity contribution in [2.75, 3.05) is 19.0 Å². The van der Waals surface area contributed by atoms with E-state index in [9.17, 15) is 0 Å². The fourth-order valence-electron chi connectivity index (χ4n) is 1.18. The van der Waals surface area contributed by atoms with Gasteiger partial charge in [0.15, 0.2) is 0 Å². The van der Waals surface area contributed by atoms with Crippen molar-refractivity contribution in [2.24, 2.45) is 0 Å². The number of ether oxygens (including phenoxy) is 1. The smallest absolute Gasteiger partial charge is 0.142 e. The lowest BCUT2D eigenvalue weighted by atomic mass is 10.2. The van der Waals surface area contributed by atoms with Gasteiger partial charge in [0.1, 0.15) is 5.75 Å². The summed E-state index contributed by atoms with van der Waals surface area (Å²) < 4.78 is 6.30. The van der Waals surface area contributed by atoms with E-state index in [0.29, 0.717) is 0 Å². The number of hydrogen-bond donors (Lipinski definition) is 1. The van der Waals surface area contributed by atoms with Gasteiger partial charge in [0.2, 0.25) is 0 Å². The molecular weight excluding hydrogens is 254 g/mol. The Morgan fingerprint density at radius 3 is 2.80 bits per heavy atom. The van der Waals surface area contributed by atoms with Gasteiger partial charge >= 0.3 is 0 Å². The SMILES string of the molecule is COc1ccc(Br)cc1NCC=C(C)C. The van der Waals surface area contributed by atoms with Crippen LogP contribution in [0.5, 0.6) is 5.75 Å². The first-order valence-electron chi connectivity index (χ1n) is 4.84. The van der Waals surface area contributed by atoms with Crippen molar-refractivity contribution in [3.05, 3.63) is 34.3 Å². The fraction of sp³-hybridized carbons (Fsp3) is 0.333. The third-order valence-corrected chi connectivity index (χ3v) is 2.46. The summed E-state index contributed by atoms with van der Waals surface area (Å²) in [6.45, 7) is 4.98. The summed E-state index contributed by atoms with van der Waals surface area (Å²) in [6, 6.07) is 5.91. The molecule has 1 aromatic rings. The van der Waals surface area contributed by atoms with Gasteiger partial charge in [0, 0.05) is 11.0 Å². The van der Waals surface area contributed by atoms with Crippen LogP contribution in [0, 0.1) is 0 Å². The number of rotatable bonds is 4. The van der Waals surface area contributed by atoms with Crippen LogP contribution >= 0.6 is 15.9 Å². The lowest BCUT2D eigenvalue weighted by Crippen LogP contribution is -2.01. The lowest BCUT2D eigenvalue weighted by Gasteiger charge is -2.10. The number of hydrogen-bond acceptors (Lipinski definition) is 2. The first-order valence-corrected chi connectivity index (χ1v) is 5.63. The lowest BCUT2D eigenvalue weighted by molar-refractivity contribution is 0.416. The number of benzene rings is 1. The van der Waals surface area contributed by atoms with E-state index in [1.54, 1.807) is 7.11 Å². The van der Waals surface area contributed by atoms with E-state index in [0.717, 1.165) is 22.5 Å². The maximum atomic E-state index is 5.25. The standard InChI is InChI=1S/C12H16BrNO/c1-9(2)6-7-14-11-8-10(13)4-5-12(11)15-3/h4-6,8,14H,7H2,1-3H3. The highest BCUT2D eigenvalue weighted by Gasteiger charge is 2.01. The number of halogens is 1. The summed E-state index contributed by atoms with van der Waals surface area (Å²) in [5.74, 6) is 0.861. The molecule has 0 aliphatic heterocycles. The molecule has 0 saturated heterocycles. The van der Waals surface area contributed by atoms with Crippen molar-refractivity contribution in [3.8, 4) is 5.75 Å². The molecule has 2 nitrogen and oxygen atoms in total. The van der Waals surface area contributed by atoms with Crippen LogP contribution in [0.25, 0.3) is 0 Å². The van der Waals surface area contributed by atoms with Gasteiger partial charge in [-0.25, -0.2) is 0 Å². The van der Waals surface area contributed by atoms with Crippen LogP contribution in [-0.4, -0.2) is 13.7 Å². The van der Waals surface area contributed by atoms with Gasteiger partial charge in [0.05, 0.1) is 12.8 Å². The minimum Gasteiger partial charge on any atom is -0.495 e. The van der Waals surface area contributed by atoms with Crippen LogP contribution in [0.4, 0.5) is 5.69 Å². The van der Waals surface area contributed by atoms with Crippen LogP contribution in [-0.2, 0) is 0 Å². The van der Waals surface area contributed by atoms with E-state index in [-0.39, 0.29) is 0 Å². The quantitative estimate of drug-likeness (QED) is 0.839. The van der Waals surface area contributed by atoms with E-state index in [4.69, 9.17) is 4.74 Å². The maximum Gasteiger partial charge on any atom is 0.142 e. The first-order chi connectivity index (χ1) is 7.13. The van der Waals surface area contributed by atoms with Crippen molar-refractivity contribution in [1.82, 2.24) is 0 Å². The Bertz CT molecular complexity index is 357. The molecule has 82 valence electrons. The molecule has 0 heterocycles. The molecule has 15 heavy (non-hydrogen) atoms.